The molecule has 1 aliphatic heterocycles. The SMILES string of the molecule is CC(NC(=O)c1cc(Br)cn1C)C1CCCNC1.Cl. The van der Waals surface area contributed by atoms with Crippen LogP contribution in [0.25, 0.3) is 0 Å². The second-order valence-corrected chi connectivity index (χ2v) is 5.94. The van der Waals surface area contributed by atoms with Crippen molar-refractivity contribution in [1.29, 1.82) is 0 Å². The van der Waals surface area contributed by atoms with Gasteiger partial charge in [0.05, 0.1) is 0 Å². The van der Waals surface area contributed by atoms with E-state index in [0.717, 1.165) is 17.6 Å². The molecule has 1 fully saturated rings. The van der Waals surface area contributed by atoms with Gasteiger partial charge in [-0.05, 0) is 60.8 Å². The lowest BCUT2D eigenvalue weighted by molar-refractivity contribution is 0.0913. The highest BCUT2D eigenvalue weighted by atomic mass is 79.9. The first-order valence-electron chi connectivity index (χ1n) is 6.41. The van der Waals surface area contributed by atoms with Gasteiger partial charge in [0.15, 0.2) is 0 Å². The first-order chi connectivity index (χ1) is 8.58. The fourth-order valence-corrected chi connectivity index (χ4v) is 2.98. The zero-order chi connectivity index (χ0) is 13.1. The number of hydrogen-bond donors (Lipinski definition) is 2. The van der Waals surface area contributed by atoms with Crippen LogP contribution in [0.15, 0.2) is 16.7 Å². The lowest BCUT2D eigenvalue weighted by Gasteiger charge is -2.28. The van der Waals surface area contributed by atoms with Crippen LogP contribution in [0.5, 0.6) is 0 Å². The highest BCUT2D eigenvalue weighted by Crippen LogP contribution is 2.16. The molecule has 0 bridgehead atoms. The van der Waals surface area contributed by atoms with Crippen molar-refractivity contribution in [2.24, 2.45) is 13.0 Å². The first kappa shape index (κ1) is 16.5. The number of piperidine rings is 1. The third-order valence-electron chi connectivity index (χ3n) is 3.61. The molecule has 1 amide bonds. The van der Waals surface area contributed by atoms with E-state index < -0.39 is 0 Å². The molecular weight excluding hydrogens is 330 g/mol. The minimum Gasteiger partial charge on any atom is -0.348 e. The molecule has 0 spiro atoms. The Morgan fingerprint density at radius 1 is 1.63 bits per heavy atom. The van der Waals surface area contributed by atoms with Gasteiger partial charge in [0.2, 0.25) is 0 Å². The summed E-state index contributed by atoms with van der Waals surface area (Å²) in [6, 6.07) is 2.06. The summed E-state index contributed by atoms with van der Waals surface area (Å²) in [5, 5.41) is 6.48. The number of hydrogen-bond acceptors (Lipinski definition) is 2. The van der Waals surface area contributed by atoms with E-state index in [2.05, 4.69) is 33.5 Å². The Bertz CT molecular complexity index is 430. The van der Waals surface area contributed by atoms with Crippen LogP contribution in [0.3, 0.4) is 0 Å². The number of carbonyl (C=O) groups excluding carboxylic acids is 1. The number of amides is 1. The van der Waals surface area contributed by atoms with Gasteiger partial charge in [0.25, 0.3) is 5.91 Å². The molecule has 108 valence electrons. The van der Waals surface area contributed by atoms with E-state index in [0.29, 0.717) is 11.6 Å². The average Bonchev–Trinajstić information content (AvgIpc) is 2.69. The number of nitrogens with zero attached hydrogens (tertiary/aromatic N) is 1. The summed E-state index contributed by atoms with van der Waals surface area (Å²) in [6.07, 6.45) is 4.27. The highest BCUT2D eigenvalue weighted by Gasteiger charge is 2.22. The molecule has 1 aromatic rings. The fourth-order valence-electron chi connectivity index (χ4n) is 2.45. The Balaban J connectivity index is 0.00000180. The molecule has 0 aliphatic carbocycles. The molecule has 2 atom stereocenters. The monoisotopic (exact) mass is 349 g/mol. The van der Waals surface area contributed by atoms with Crippen LogP contribution in [0.1, 0.15) is 30.3 Å². The third-order valence-corrected chi connectivity index (χ3v) is 4.04. The number of carbonyl (C=O) groups is 1. The minimum atomic E-state index is 0. The molecule has 2 rings (SSSR count). The van der Waals surface area contributed by atoms with E-state index in [-0.39, 0.29) is 24.4 Å². The maximum Gasteiger partial charge on any atom is 0.268 e. The van der Waals surface area contributed by atoms with Crippen LogP contribution in [-0.4, -0.2) is 29.6 Å². The molecule has 19 heavy (non-hydrogen) atoms. The maximum absolute atomic E-state index is 12.2. The van der Waals surface area contributed by atoms with Crippen molar-refractivity contribution in [2.45, 2.75) is 25.8 Å². The molecular formula is C13H21BrClN3O. The number of aryl methyl sites for hydroxylation is 1. The van der Waals surface area contributed by atoms with E-state index >= 15 is 0 Å². The quantitative estimate of drug-likeness (QED) is 0.879. The zero-order valence-corrected chi connectivity index (χ0v) is 13.7. The largest absolute Gasteiger partial charge is 0.348 e. The zero-order valence-electron chi connectivity index (χ0n) is 11.3. The van der Waals surface area contributed by atoms with Crippen molar-refractivity contribution in [3.8, 4) is 0 Å². The van der Waals surface area contributed by atoms with Crippen LogP contribution in [0.4, 0.5) is 0 Å². The molecule has 1 aliphatic rings. The Hall–Kier alpha value is -0.520. The number of aromatic nitrogens is 1. The van der Waals surface area contributed by atoms with E-state index in [4.69, 9.17) is 0 Å². The van der Waals surface area contributed by atoms with Gasteiger partial charge in [-0.15, -0.1) is 12.4 Å². The van der Waals surface area contributed by atoms with Gasteiger partial charge >= 0.3 is 0 Å². The van der Waals surface area contributed by atoms with E-state index in [1.54, 1.807) is 0 Å². The highest BCUT2D eigenvalue weighted by molar-refractivity contribution is 9.10. The van der Waals surface area contributed by atoms with Crippen LogP contribution < -0.4 is 10.6 Å². The molecule has 1 saturated heterocycles. The van der Waals surface area contributed by atoms with Crippen molar-refractivity contribution in [2.75, 3.05) is 13.1 Å². The smallest absolute Gasteiger partial charge is 0.268 e. The standard InChI is InChI=1S/C13H20BrN3O.ClH/c1-9(10-4-3-5-15-7-10)16-13(18)12-6-11(14)8-17(12)2;/h6,8-10,15H,3-5,7H2,1-2H3,(H,16,18);1H. The Morgan fingerprint density at radius 2 is 2.37 bits per heavy atom. The van der Waals surface area contributed by atoms with Gasteiger partial charge in [-0.2, -0.15) is 0 Å². The van der Waals surface area contributed by atoms with E-state index in [9.17, 15) is 4.79 Å². The van der Waals surface area contributed by atoms with Crippen molar-refractivity contribution in [3.63, 3.8) is 0 Å². The van der Waals surface area contributed by atoms with Gasteiger partial charge in [-0.25, -0.2) is 0 Å². The molecule has 6 heteroatoms. The third kappa shape index (κ3) is 4.23. The first-order valence-corrected chi connectivity index (χ1v) is 7.20. The molecule has 4 nitrogen and oxygen atoms in total. The van der Waals surface area contributed by atoms with Crippen molar-refractivity contribution in [3.05, 3.63) is 22.4 Å². The molecule has 2 unspecified atom stereocenters. The van der Waals surface area contributed by atoms with Crippen LogP contribution >= 0.6 is 28.3 Å². The van der Waals surface area contributed by atoms with E-state index in [1.807, 2.05) is 23.9 Å². The molecule has 2 N–H and O–H groups in total. The average molecular weight is 351 g/mol. The Kier molecular flexibility index (Phi) is 6.36. The van der Waals surface area contributed by atoms with Crippen molar-refractivity contribution < 1.29 is 4.79 Å². The summed E-state index contributed by atoms with van der Waals surface area (Å²) in [5.41, 5.74) is 0.692. The summed E-state index contributed by atoms with van der Waals surface area (Å²) < 4.78 is 2.77. The summed E-state index contributed by atoms with van der Waals surface area (Å²) in [7, 11) is 1.88. The second kappa shape index (κ2) is 7.31. The molecule has 2 heterocycles. The van der Waals surface area contributed by atoms with Gasteiger partial charge in [0, 0.05) is 23.8 Å². The predicted molar refractivity (Wildman–Crippen MR) is 82.9 cm³/mol. The minimum absolute atomic E-state index is 0. The number of rotatable bonds is 3. The second-order valence-electron chi connectivity index (χ2n) is 5.02. The van der Waals surface area contributed by atoms with Gasteiger partial charge in [-0.1, -0.05) is 0 Å². The summed E-state index contributed by atoms with van der Waals surface area (Å²) >= 11 is 3.38. The Labute approximate surface area is 128 Å². The van der Waals surface area contributed by atoms with Gasteiger partial charge in [-0.3, -0.25) is 4.79 Å². The number of halogens is 2. The normalized spacial score (nSPS) is 20.5. The lowest BCUT2D eigenvalue weighted by Crippen LogP contribution is -2.44. The maximum atomic E-state index is 12.2. The number of nitrogens with one attached hydrogen (secondary N) is 2. The summed E-state index contributed by atoms with van der Waals surface area (Å²) in [6.45, 7) is 4.19. The van der Waals surface area contributed by atoms with E-state index in [1.165, 1.54) is 12.8 Å². The molecule has 1 aromatic heterocycles. The summed E-state index contributed by atoms with van der Waals surface area (Å²) in [4.78, 5) is 12.2. The van der Waals surface area contributed by atoms with Crippen LogP contribution in [0.2, 0.25) is 0 Å². The van der Waals surface area contributed by atoms with Crippen LogP contribution in [0, 0.1) is 5.92 Å². The van der Waals surface area contributed by atoms with Crippen molar-refractivity contribution >= 4 is 34.2 Å². The van der Waals surface area contributed by atoms with Crippen LogP contribution in [-0.2, 0) is 7.05 Å². The molecule has 0 radical (unpaired) electrons. The van der Waals surface area contributed by atoms with Gasteiger partial charge < -0.3 is 15.2 Å². The van der Waals surface area contributed by atoms with Crippen molar-refractivity contribution in [1.82, 2.24) is 15.2 Å². The Morgan fingerprint density at radius 3 is 2.89 bits per heavy atom. The lowest BCUT2D eigenvalue weighted by atomic mass is 9.93. The molecule has 0 saturated carbocycles. The molecule has 0 aromatic carbocycles. The topological polar surface area (TPSA) is 46.1 Å². The van der Waals surface area contributed by atoms with Gasteiger partial charge in [0.1, 0.15) is 5.69 Å². The summed E-state index contributed by atoms with van der Waals surface area (Å²) in [5.74, 6) is 0.535. The predicted octanol–water partition coefficient (Wildman–Crippen LogP) is 2.33. The fraction of sp³-hybridized carbons (Fsp3) is 0.615.